The van der Waals surface area contributed by atoms with Gasteiger partial charge < -0.3 is 5.73 Å². The highest BCUT2D eigenvalue weighted by Gasteiger charge is 2.36. The number of carbonyl (C=O) groups excluding carboxylic acids is 3. The molecule has 1 aliphatic rings. The van der Waals surface area contributed by atoms with Crippen molar-refractivity contribution in [1.82, 2.24) is 4.90 Å². The first-order chi connectivity index (χ1) is 9.40. The lowest BCUT2D eigenvalue weighted by Gasteiger charge is -2.08. The van der Waals surface area contributed by atoms with Crippen LogP contribution in [0.2, 0.25) is 10.0 Å². The highest BCUT2D eigenvalue weighted by atomic mass is 35.5. The quantitative estimate of drug-likeness (QED) is 0.863. The van der Waals surface area contributed by atoms with Crippen LogP contribution < -0.4 is 5.73 Å². The maximum absolute atomic E-state index is 12.0. The Kier molecular flexibility index (Phi) is 4.37. The van der Waals surface area contributed by atoms with Gasteiger partial charge in [0.1, 0.15) is 6.54 Å². The average molecular weight is 331 g/mol. The van der Waals surface area contributed by atoms with Crippen molar-refractivity contribution in [3.05, 3.63) is 38.7 Å². The zero-order chi connectivity index (χ0) is 14.9. The monoisotopic (exact) mass is 330 g/mol. The Bertz CT molecular complexity index is 625. The molecule has 1 fully saturated rings. The van der Waals surface area contributed by atoms with Gasteiger partial charge in [0, 0.05) is 15.6 Å². The van der Waals surface area contributed by atoms with Gasteiger partial charge in [0.15, 0.2) is 0 Å². The van der Waals surface area contributed by atoms with Crippen molar-refractivity contribution < 1.29 is 14.4 Å². The van der Waals surface area contributed by atoms with Crippen LogP contribution in [0, 0.1) is 0 Å². The fourth-order valence-electron chi connectivity index (χ4n) is 1.57. The van der Waals surface area contributed by atoms with Gasteiger partial charge in [-0.25, -0.2) is 0 Å². The van der Waals surface area contributed by atoms with Crippen LogP contribution in [0.4, 0.5) is 4.79 Å². The van der Waals surface area contributed by atoms with Crippen molar-refractivity contribution in [3.63, 3.8) is 0 Å². The van der Waals surface area contributed by atoms with Crippen molar-refractivity contribution in [2.75, 3.05) is 6.54 Å². The smallest absolute Gasteiger partial charge is 0.294 e. The Hall–Kier alpha value is -1.50. The Morgan fingerprint density at radius 1 is 1.30 bits per heavy atom. The Morgan fingerprint density at radius 3 is 2.45 bits per heavy atom. The van der Waals surface area contributed by atoms with Crippen LogP contribution in [0.15, 0.2) is 23.1 Å². The summed E-state index contributed by atoms with van der Waals surface area (Å²) >= 11 is 12.7. The number of amides is 3. The molecule has 0 aromatic heterocycles. The summed E-state index contributed by atoms with van der Waals surface area (Å²) in [4.78, 5) is 35.4. The number of primary amides is 1. The van der Waals surface area contributed by atoms with E-state index in [1.165, 1.54) is 6.08 Å². The van der Waals surface area contributed by atoms with Crippen LogP contribution in [-0.4, -0.2) is 28.5 Å². The molecule has 1 saturated heterocycles. The molecule has 1 aliphatic heterocycles. The predicted octanol–water partition coefficient (Wildman–Crippen LogP) is 2.52. The third-order valence-electron chi connectivity index (χ3n) is 2.46. The molecular weight excluding hydrogens is 323 g/mol. The van der Waals surface area contributed by atoms with Crippen molar-refractivity contribution in [1.29, 1.82) is 0 Å². The molecule has 8 heteroatoms. The number of halogens is 2. The van der Waals surface area contributed by atoms with Gasteiger partial charge in [-0.15, -0.1) is 0 Å². The van der Waals surface area contributed by atoms with Crippen LogP contribution in [0.5, 0.6) is 0 Å². The number of hydrogen-bond donors (Lipinski definition) is 1. The number of imide groups is 1. The average Bonchev–Trinajstić information content (AvgIpc) is 2.61. The van der Waals surface area contributed by atoms with Crippen molar-refractivity contribution in [2.24, 2.45) is 5.73 Å². The molecule has 5 nitrogen and oxygen atoms in total. The normalized spacial score (nSPS) is 17.1. The number of hydrogen-bond acceptors (Lipinski definition) is 4. The van der Waals surface area contributed by atoms with Crippen LogP contribution in [0.3, 0.4) is 0 Å². The van der Waals surface area contributed by atoms with Gasteiger partial charge in [0.05, 0.1) is 4.91 Å². The van der Waals surface area contributed by atoms with Crippen LogP contribution in [0.1, 0.15) is 5.56 Å². The van der Waals surface area contributed by atoms with Crippen molar-refractivity contribution in [2.45, 2.75) is 0 Å². The molecule has 0 spiro atoms. The zero-order valence-electron chi connectivity index (χ0n) is 9.93. The second-order valence-corrected chi connectivity index (χ2v) is 5.68. The van der Waals surface area contributed by atoms with Crippen LogP contribution in [-0.2, 0) is 9.59 Å². The SMILES string of the molecule is NC(=O)CN1C(=O)S/C(=C\c2c(Cl)cccc2Cl)C1=O. The van der Waals surface area contributed by atoms with E-state index in [-0.39, 0.29) is 4.91 Å². The summed E-state index contributed by atoms with van der Waals surface area (Å²) in [5, 5.41) is 0.168. The van der Waals surface area contributed by atoms with Crippen LogP contribution >= 0.6 is 35.0 Å². The summed E-state index contributed by atoms with van der Waals surface area (Å²) in [6.07, 6.45) is 1.43. The molecule has 20 heavy (non-hydrogen) atoms. The first-order valence-corrected chi connectivity index (χ1v) is 6.95. The fourth-order valence-corrected chi connectivity index (χ4v) is 2.90. The highest BCUT2D eigenvalue weighted by molar-refractivity contribution is 8.18. The van der Waals surface area contributed by atoms with Gasteiger partial charge in [0.25, 0.3) is 11.1 Å². The predicted molar refractivity (Wildman–Crippen MR) is 78.3 cm³/mol. The second-order valence-electron chi connectivity index (χ2n) is 3.87. The molecule has 2 N–H and O–H groups in total. The van der Waals surface area contributed by atoms with E-state index in [9.17, 15) is 14.4 Å². The molecule has 0 aliphatic carbocycles. The lowest BCUT2D eigenvalue weighted by atomic mass is 10.2. The van der Waals surface area contributed by atoms with Gasteiger partial charge in [-0.3, -0.25) is 19.3 Å². The molecule has 2 rings (SSSR count). The summed E-state index contributed by atoms with van der Waals surface area (Å²) < 4.78 is 0. The van der Waals surface area contributed by atoms with Crippen molar-refractivity contribution >= 4 is 58.1 Å². The van der Waals surface area contributed by atoms with E-state index in [0.717, 1.165) is 4.90 Å². The number of carbonyl (C=O) groups is 3. The van der Waals surface area contributed by atoms with E-state index in [2.05, 4.69) is 0 Å². The minimum absolute atomic E-state index is 0.145. The molecule has 0 saturated carbocycles. The van der Waals surface area contributed by atoms with Gasteiger partial charge in [0.2, 0.25) is 5.91 Å². The van der Waals surface area contributed by atoms with Gasteiger partial charge in [-0.2, -0.15) is 0 Å². The molecule has 1 aromatic carbocycles. The van der Waals surface area contributed by atoms with E-state index in [0.29, 0.717) is 27.4 Å². The van der Waals surface area contributed by atoms with Gasteiger partial charge >= 0.3 is 0 Å². The summed E-state index contributed by atoms with van der Waals surface area (Å²) in [5.41, 5.74) is 5.43. The lowest BCUT2D eigenvalue weighted by molar-refractivity contribution is -0.127. The van der Waals surface area contributed by atoms with E-state index in [1.54, 1.807) is 18.2 Å². The van der Waals surface area contributed by atoms with Gasteiger partial charge in [-0.1, -0.05) is 29.3 Å². The first kappa shape index (κ1) is 14.9. The molecule has 104 valence electrons. The van der Waals surface area contributed by atoms with E-state index < -0.39 is 23.6 Å². The number of nitrogens with two attached hydrogens (primary N) is 1. The minimum Gasteiger partial charge on any atom is -0.368 e. The number of thioether (sulfide) groups is 1. The Morgan fingerprint density at radius 2 is 1.90 bits per heavy atom. The maximum Gasteiger partial charge on any atom is 0.294 e. The third-order valence-corrected chi connectivity index (χ3v) is 4.03. The summed E-state index contributed by atoms with van der Waals surface area (Å²) in [6, 6.07) is 4.90. The fraction of sp³-hybridized carbons (Fsp3) is 0.0833. The zero-order valence-corrected chi connectivity index (χ0v) is 12.3. The lowest BCUT2D eigenvalue weighted by Crippen LogP contribution is -2.36. The molecule has 0 bridgehead atoms. The molecule has 0 radical (unpaired) electrons. The van der Waals surface area contributed by atoms with E-state index in [4.69, 9.17) is 28.9 Å². The van der Waals surface area contributed by atoms with Gasteiger partial charge in [-0.05, 0) is 30.0 Å². The third kappa shape index (κ3) is 2.98. The maximum atomic E-state index is 12.0. The summed E-state index contributed by atoms with van der Waals surface area (Å²) in [7, 11) is 0. The van der Waals surface area contributed by atoms with E-state index in [1.807, 2.05) is 0 Å². The number of nitrogens with zero attached hydrogens (tertiary/aromatic N) is 1. The number of rotatable bonds is 3. The highest BCUT2D eigenvalue weighted by Crippen LogP contribution is 2.35. The number of benzene rings is 1. The van der Waals surface area contributed by atoms with E-state index >= 15 is 0 Å². The minimum atomic E-state index is -0.760. The summed E-state index contributed by atoms with van der Waals surface area (Å²) in [6.45, 7) is -0.446. The first-order valence-electron chi connectivity index (χ1n) is 5.38. The largest absolute Gasteiger partial charge is 0.368 e. The molecule has 3 amide bonds. The van der Waals surface area contributed by atoms with Crippen LogP contribution in [0.25, 0.3) is 6.08 Å². The molecule has 1 heterocycles. The summed E-state index contributed by atoms with van der Waals surface area (Å²) in [5.74, 6) is -1.35. The Labute approximate surface area is 128 Å². The standard InChI is InChI=1S/C12H8Cl2N2O3S/c13-7-2-1-3-8(14)6(7)4-9-11(18)16(5-10(15)17)12(19)20-9/h1-4H,5H2,(H2,15,17)/b9-4-. The Balaban J connectivity index is 2.35. The molecule has 1 aromatic rings. The molecule has 0 unspecified atom stereocenters. The molecular formula is C12H8Cl2N2O3S. The topological polar surface area (TPSA) is 80.5 Å². The van der Waals surface area contributed by atoms with Crippen molar-refractivity contribution in [3.8, 4) is 0 Å². The second kappa shape index (κ2) is 5.87. The molecule has 0 atom stereocenters.